The van der Waals surface area contributed by atoms with Gasteiger partial charge in [-0.2, -0.15) is 0 Å². The number of nitro benzene ring substituents is 1. The van der Waals surface area contributed by atoms with Gasteiger partial charge in [-0.1, -0.05) is 0 Å². The number of nitro groups is 1. The van der Waals surface area contributed by atoms with Crippen molar-refractivity contribution in [2.45, 2.75) is 50.6 Å². The van der Waals surface area contributed by atoms with Gasteiger partial charge in [0.1, 0.15) is 5.69 Å². The van der Waals surface area contributed by atoms with Gasteiger partial charge in [-0.3, -0.25) is 14.9 Å². The molecule has 0 unspecified atom stereocenters. The molecule has 7 heteroatoms. The molecule has 3 rings (SSSR count). The number of hydrogen-bond donors (Lipinski definition) is 3. The summed E-state index contributed by atoms with van der Waals surface area (Å²) in [5.41, 5.74) is 0.730. The van der Waals surface area contributed by atoms with Crippen LogP contribution >= 0.6 is 0 Å². The summed E-state index contributed by atoms with van der Waals surface area (Å²) in [6, 6.07) is 4.98. The van der Waals surface area contributed by atoms with Gasteiger partial charge < -0.3 is 15.7 Å². The maximum absolute atomic E-state index is 12.4. The molecule has 2 fully saturated rings. The Balaban J connectivity index is 1.66. The number of amides is 1. The van der Waals surface area contributed by atoms with E-state index >= 15 is 0 Å². The fraction of sp³-hybridized carbons (Fsp3) is 0.588. The first-order valence-electron chi connectivity index (χ1n) is 8.53. The number of anilines is 1. The number of nitrogens with one attached hydrogen (secondary N) is 2. The molecule has 7 nitrogen and oxygen atoms in total. The molecule has 1 amide bonds. The molecule has 1 aromatic carbocycles. The summed E-state index contributed by atoms with van der Waals surface area (Å²) in [6.45, 7) is 0.197. The summed E-state index contributed by atoms with van der Waals surface area (Å²) in [7, 11) is 0. The molecule has 1 aromatic rings. The lowest BCUT2D eigenvalue weighted by atomic mass is 9.86. The number of carbonyl (C=O) groups is 1. The van der Waals surface area contributed by atoms with Crippen molar-refractivity contribution >= 4 is 17.3 Å². The van der Waals surface area contributed by atoms with Gasteiger partial charge >= 0.3 is 0 Å². The van der Waals surface area contributed by atoms with E-state index in [4.69, 9.17) is 5.11 Å². The van der Waals surface area contributed by atoms with Crippen molar-refractivity contribution in [3.63, 3.8) is 0 Å². The number of rotatable bonds is 6. The number of hydrogen-bond acceptors (Lipinski definition) is 5. The van der Waals surface area contributed by atoms with Gasteiger partial charge in [0.2, 0.25) is 0 Å². The van der Waals surface area contributed by atoms with Crippen LogP contribution in [0.1, 0.15) is 48.9 Å². The van der Waals surface area contributed by atoms with Crippen molar-refractivity contribution in [2.75, 3.05) is 11.9 Å². The minimum atomic E-state index is -0.450. The number of nitrogens with zero attached hydrogens (tertiary/aromatic N) is 1. The predicted octanol–water partition coefficient (Wildman–Crippen LogP) is 2.45. The standard InChI is InChI=1S/C17H23N3O4/c21-10-11-1-4-14(5-2-11)19-17(22)12-3-8-15(18-13-6-7-13)16(9-12)20(23)24/h3,8-9,11,13-14,18,21H,1-2,4-7,10H2,(H,19,22). The van der Waals surface area contributed by atoms with Crippen molar-refractivity contribution < 1.29 is 14.8 Å². The summed E-state index contributed by atoms with van der Waals surface area (Å²) in [4.78, 5) is 23.2. The maximum atomic E-state index is 12.4. The van der Waals surface area contributed by atoms with Crippen LogP contribution in [0.15, 0.2) is 18.2 Å². The molecule has 2 aliphatic carbocycles. The molecule has 2 saturated carbocycles. The summed E-state index contributed by atoms with van der Waals surface area (Å²) in [5.74, 6) is 0.0514. The summed E-state index contributed by atoms with van der Waals surface area (Å²) >= 11 is 0. The summed E-state index contributed by atoms with van der Waals surface area (Å²) < 4.78 is 0. The molecule has 0 aromatic heterocycles. The molecule has 0 saturated heterocycles. The maximum Gasteiger partial charge on any atom is 0.293 e. The van der Waals surface area contributed by atoms with Crippen LogP contribution in [0.5, 0.6) is 0 Å². The van der Waals surface area contributed by atoms with Crippen LogP contribution in [0, 0.1) is 16.0 Å². The van der Waals surface area contributed by atoms with Crippen LogP contribution in [0.3, 0.4) is 0 Å². The third-order valence-corrected chi connectivity index (χ3v) is 4.83. The van der Waals surface area contributed by atoms with Crippen molar-refractivity contribution in [3.8, 4) is 0 Å². The Hall–Kier alpha value is -2.15. The van der Waals surface area contributed by atoms with Crippen LogP contribution in [0.2, 0.25) is 0 Å². The Kier molecular flexibility index (Phi) is 4.99. The minimum Gasteiger partial charge on any atom is -0.396 e. The van der Waals surface area contributed by atoms with E-state index in [1.807, 2.05) is 0 Å². The van der Waals surface area contributed by atoms with Gasteiger partial charge in [0.25, 0.3) is 11.6 Å². The highest BCUT2D eigenvalue weighted by molar-refractivity contribution is 5.96. The lowest BCUT2D eigenvalue weighted by Gasteiger charge is -2.27. The highest BCUT2D eigenvalue weighted by Gasteiger charge is 2.26. The summed E-state index contributed by atoms with van der Waals surface area (Å²) in [5, 5.41) is 26.5. The molecule has 2 aliphatic rings. The average molecular weight is 333 g/mol. The zero-order chi connectivity index (χ0) is 17.1. The topological polar surface area (TPSA) is 104 Å². The van der Waals surface area contributed by atoms with Crippen molar-refractivity contribution in [3.05, 3.63) is 33.9 Å². The Labute approximate surface area is 140 Å². The van der Waals surface area contributed by atoms with E-state index in [0.717, 1.165) is 38.5 Å². The first-order valence-corrected chi connectivity index (χ1v) is 8.53. The predicted molar refractivity (Wildman–Crippen MR) is 90.0 cm³/mol. The monoisotopic (exact) mass is 333 g/mol. The SMILES string of the molecule is O=C(NC1CCC(CO)CC1)c1ccc(NC2CC2)c([N+](=O)[O-])c1. The van der Waals surface area contributed by atoms with Gasteiger partial charge in [-0.25, -0.2) is 0 Å². The molecule has 0 heterocycles. The van der Waals surface area contributed by atoms with Crippen LogP contribution in [-0.4, -0.2) is 34.6 Å². The Morgan fingerprint density at radius 2 is 1.83 bits per heavy atom. The normalized spacial score (nSPS) is 23.5. The quantitative estimate of drug-likeness (QED) is 0.548. The fourth-order valence-corrected chi connectivity index (χ4v) is 3.15. The van der Waals surface area contributed by atoms with Crippen molar-refractivity contribution in [1.82, 2.24) is 5.32 Å². The van der Waals surface area contributed by atoms with Crippen LogP contribution in [0.25, 0.3) is 0 Å². The van der Waals surface area contributed by atoms with E-state index in [1.165, 1.54) is 6.07 Å². The van der Waals surface area contributed by atoms with E-state index in [0.29, 0.717) is 23.2 Å². The Morgan fingerprint density at radius 3 is 2.42 bits per heavy atom. The Morgan fingerprint density at radius 1 is 1.17 bits per heavy atom. The number of benzene rings is 1. The third-order valence-electron chi connectivity index (χ3n) is 4.83. The second kappa shape index (κ2) is 7.17. The first-order chi connectivity index (χ1) is 11.6. The van der Waals surface area contributed by atoms with Gasteiger partial charge in [-0.15, -0.1) is 0 Å². The molecule has 0 atom stereocenters. The smallest absolute Gasteiger partial charge is 0.293 e. The second-order valence-electron chi connectivity index (χ2n) is 6.78. The van der Waals surface area contributed by atoms with E-state index in [-0.39, 0.29) is 24.2 Å². The Bertz CT molecular complexity index is 622. The number of aliphatic hydroxyl groups excluding tert-OH is 1. The van der Waals surface area contributed by atoms with E-state index in [9.17, 15) is 14.9 Å². The highest BCUT2D eigenvalue weighted by Crippen LogP contribution is 2.31. The second-order valence-corrected chi connectivity index (χ2v) is 6.78. The third kappa shape index (κ3) is 4.03. The highest BCUT2D eigenvalue weighted by atomic mass is 16.6. The van der Waals surface area contributed by atoms with Gasteiger partial charge in [0.15, 0.2) is 0 Å². The fourth-order valence-electron chi connectivity index (χ4n) is 3.15. The van der Waals surface area contributed by atoms with Crippen molar-refractivity contribution in [2.24, 2.45) is 5.92 Å². The first kappa shape index (κ1) is 16.7. The zero-order valence-electron chi connectivity index (χ0n) is 13.5. The average Bonchev–Trinajstić information content (AvgIpc) is 3.39. The van der Waals surface area contributed by atoms with E-state index in [2.05, 4.69) is 10.6 Å². The van der Waals surface area contributed by atoms with Crippen LogP contribution in [-0.2, 0) is 0 Å². The molecule has 0 bridgehead atoms. The van der Waals surface area contributed by atoms with Gasteiger partial charge in [0, 0.05) is 30.3 Å². The van der Waals surface area contributed by atoms with E-state index < -0.39 is 4.92 Å². The molecule has 0 aliphatic heterocycles. The zero-order valence-corrected chi connectivity index (χ0v) is 13.5. The summed E-state index contributed by atoms with van der Waals surface area (Å²) in [6.07, 6.45) is 5.50. The lowest BCUT2D eigenvalue weighted by Crippen LogP contribution is -2.38. The largest absolute Gasteiger partial charge is 0.396 e. The lowest BCUT2D eigenvalue weighted by molar-refractivity contribution is -0.384. The molecular formula is C17H23N3O4. The van der Waals surface area contributed by atoms with E-state index in [1.54, 1.807) is 12.1 Å². The molecular weight excluding hydrogens is 310 g/mol. The number of carbonyl (C=O) groups excluding carboxylic acids is 1. The molecule has 3 N–H and O–H groups in total. The molecule has 130 valence electrons. The van der Waals surface area contributed by atoms with Crippen LogP contribution in [0.4, 0.5) is 11.4 Å². The molecule has 0 radical (unpaired) electrons. The van der Waals surface area contributed by atoms with Gasteiger partial charge in [-0.05, 0) is 56.6 Å². The minimum absolute atomic E-state index is 0.0569. The van der Waals surface area contributed by atoms with Crippen LogP contribution < -0.4 is 10.6 Å². The molecule has 24 heavy (non-hydrogen) atoms. The van der Waals surface area contributed by atoms with Crippen molar-refractivity contribution in [1.29, 1.82) is 0 Å². The molecule has 0 spiro atoms. The number of aliphatic hydroxyl groups is 1. The van der Waals surface area contributed by atoms with Gasteiger partial charge in [0.05, 0.1) is 4.92 Å².